The van der Waals surface area contributed by atoms with Crippen LogP contribution in [0.25, 0.3) is 11.4 Å². The van der Waals surface area contributed by atoms with E-state index in [4.69, 9.17) is 9.84 Å². The zero-order chi connectivity index (χ0) is 13.0. The summed E-state index contributed by atoms with van der Waals surface area (Å²) >= 11 is 3.41. The Labute approximate surface area is 114 Å². The smallest absolute Gasteiger partial charge is 0.159 e. The standard InChI is InChI=1S/C13H13BrN2O2/c1-9(17)8-18-12-6-15-13(16-7-12)10-3-2-4-11(14)5-10/h2-7,9,17H,8H2,1H3. The molecule has 0 amide bonds. The molecule has 0 radical (unpaired) electrons. The summed E-state index contributed by atoms with van der Waals surface area (Å²) in [5, 5.41) is 9.11. The minimum absolute atomic E-state index is 0.236. The number of hydrogen-bond donors (Lipinski definition) is 1. The highest BCUT2D eigenvalue weighted by atomic mass is 79.9. The van der Waals surface area contributed by atoms with E-state index in [1.54, 1.807) is 19.3 Å². The zero-order valence-electron chi connectivity index (χ0n) is 9.88. The molecule has 0 bridgehead atoms. The van der Waals surface area contributed by atoms with Crippen LogP contribution in [0.2, 0.25) is 0 Å². The zero-order valence-corrected chi connectivity index (χ0v) is 11.5. The molecule has 0 aliphatic carbocycles. The molecule has 4 nitrogen and oxygen atoms in total. The van der Waals surface area contributed by atoms with Crippen molar-refractivity contribution in [3.8, 4) is 17.1 Å². The van der Waals surface area contributed by atoms with Gasteiger partial charge in [0, 0.05) is 10.0 Å². The third kappa shape index (κ3) is 3.51. The van der Waals surface area contributed by atoms with Gasteiger partial charge >= 0.3 is 0 Å². The van der Waals surface area contributed by atoms with Crippen LogP contribution >= 0.6 is 15.9 Å². The van der Waals surface area contributed by atoms with E-state index in [2.05, 4.69) is 25.9 Å². The summed E-state index contributed by atoms with van der Waals surface area (Å²) < 4.78 is 6.28. The molecule has 1 N–H and O–H groups in total. The third-order valence-electron chi connectivity index (χ3n) is 2.20. The summed E-state index contributed by atoms with van der Waals surface area (Å²) in [6, 6.07) is 7.77. The molecule has 1 unspecified atom stereocenters. The summed E-state index contributed by atoms with van der Waals surface area (Å²) in [4.78, 5) is 8.46. The molecule has 2 rings (SSSR count). The number of aliphatic hydroxyl groups is 1. The maximum absolute atomic E-state index is 9.11. The number of hydrogen-bond acceptors (Lipinski definition) is 4. The number of halogens is 1. The Kier molecular flexibility index (Phi) is 4.28. The molecule has 1 aromatic carbocycles. The van der Waals surface area contributed by atoms with E-state index in [-0.39, 0.29) is 6.61 Å². The highest BCUT2D eigenvalue weighted by Gasteiger charge is 2.03. The molecule has 0 spiro atoms. The van der Waals surface area contributed by atoms with Gasteiger partial charge in [-0.15, -0.1) is 0 Å². The van der Waals surface area contributed by atoms with Crippen molar-refractivity contribution in [2.75, 3.05) is 6.61 Å². The molecule has 0 aliphatic heterocycles. The normalized spacial score (nSPS) is 12.2. The maximum Gasteiger partial charge on any atom is 0.159 e. The predicted octanol–water partition coefficient (Wildman–Crippen LogP) is 2.67. The Bertz CT molecular complexity index is 515. The fourth-order valence-corrected chi connectivity index (χ4v) is 1.78. The van der Waals surface area contributed by atoms with Crippen LogP contribution < -0.4 is 4.74 Å². The van der Waals surface area contributed by atoms with E-state index < -0.39 is 6.10 Å². The molecule has 1 aromatic heterocycles. The Hall–Kier alpha value is -1.46. The van der Waals surface area contributed by atoms with Crippen LogP contribution in [0.1, 0.15) is 6.92 Å². The van der Waals surface area contributed by atoms with Gasteiger partial charge in [0.1, 0.15) is 6.61 Å². The minimum Gasteiger partial charge on any atom is -0.488 e. The van der Waals surface area contributed by atoms with E-state index in [0.717, 1.165) is 10.0 Å². The molecular formula is C13H13BrN2O2. The lowest BCUT2D eigenvalue weighted by Gasteiger charge is -2.07. The first-order valence-electron chi connectivity index (χ1n) is 5.54. The number of nitrogens with zero attached hydrogens (tertiary/aromatic N) is 2. The SMILES string of the molecule is CC(O)COc1cnc(-c2cccc(Br)c2)nc1. The van der Waals surface area contributed by atoms with Crippen LogP contribution in [0.3, 0.4) is 0 Å². The summed E-state index contributed by atoms with van der Waals surface area (Å²) in [7, 11) is 0. The van der Waals surface area contributed by atoms with E-state index in [1.165, 1.54) is 0 Å². The second-order valence-electron chi connectivity index (χ2n) is 3.91. The second-order valence-corrected chi connectivity index (χ2v) is 4.83. The highest BCUT2D eigenvalue weighted by Crippen LogP contribution is 2.20. The van der Waals surface area contributed by atoms with Crippen LogP contribution in [0, 0.1) is 0 Å². The molecular weight excluding hydrogens is 296 g/mol. The Morgan fingerprint density at radius 3 is 2.67 bits per heavy atom. The van der Waals surface area contributed by atoms with E-state index in [9.17, 15) is 0 Å². The average molecular weight is 309 g/mol. The van der Waals surface area contributed by atoms with Crippen molar-refractivity contribution in [2.45, 2.75) is 13.0 Å². The van der Waals surface area contributed by atoms with Crippen molar-refractivity contribution in [3.05, 3.63) is 41.1 Å². The molecule has 0 fully saturated rings. The summed E-state index contributed by atoms with van der Waals surface area (Å²) in [6.07, 6.45) is 2.70. The lowest BCUT2D eigenvalue weighted by Crippen LogP contribution is -2.13. The van der Waals surface area contributed by atoms with Crippen LogP contribution in [-0.2, 0) is 0 Å². The van der Waals surface area contributed by atoms with Crippen molar-refractivity contribution in [1.82, 2.24) is 9.97 Å². The first-order valence-corrected chi connectivity index (χ1v) is 6.33. The molecule has 18 heavy (non-hydrogen) atoms. The van der Waals surface area contributed by atoms with Crippen LogP contribution in [0.4, 0.5) is 0 Å². The first-order chi connectivity index (χ1) is 8.65. The fraction of sp³-hybridized carbons (Fsp3) is 0.231. The molecule has 0 saturated heterocycles. The quantitative estimate of drug-likeness (QED) is 0.943. The van der Waals surface area contributed by atoms with Crippen LogP contribution in [0.5, 0.6) is 5.75 Å². The van der Waals surface area contributed by atoms with E-state index in [1.807, 2.05) is 24.3 Å². The monoisotopic (exact) mass is 308 g/mol. The van der Waals surface area contributed by atoms with Gasteiger partial charge in [-0.1, -0.05) is 28.1 Å². The van der Waals surface area contributed by atoms with E-state index >= 15 is 0 Å². The summed E-state index contributed by atoms with van der Waals surface area (Å²) in [5.74, 6) is 1.19. The van der Waals surface area contributed by atoms with Gasteiger partial charge < -0.3 is 9.84 Å². The molecule has 94 valence electrons. The molecule has 1 heterocycles. The Balaban J connectivity index is 2.12. The fourth-order valence-electron chi connectivity index (χ4n) is 1.38. The molecule has 2 aromatic rings. The molecule has 0 saturated carbocycles. The van der Waals surface area contributed by atoms with Gasteiger partial charge in [-0.3, -0.25) is 0 Å². The third-order valence-corrected chi connectivity index (χ3v) is 2.70. The molecule has 0 aliphatic rings. The Morgan fingerprint density at radius 2 is 2.06 bits per heavy atom. The number of benzene rings is 1. The van der Waals surface area contributed by atoms with Crippen LogP contribution in [-0.4, -0.2) is 27.8 Å². The van der Waals surface area contributed by atoms with Gasteiger partial charge in [0.15, 0.2) is 11.6 Å². The van der Waals surface area contributed by atoms with Crippen molar-refractivity contribution in [2.24, 2.45) is 0 Å². The lowest BCUT2D eigenvalue weighted by molar-refractivity contribution is 0.122. The van der Waals surface area contributed by atoms with Crippen LogP contribution in [0.15, 0.2) is 41.1 Å². The average Bonchev–Trinajstić information content (AvgIpc) is 2.37. The van der Waals surface area contributed by atoms with Gasteiger partial charge in [0.2, 0.25) is 0 Å². The van der Waals surface area contributed by atoms with Crippen molar-refractivity contribution in [1.29, 1.82) is 0 Å². The number of rotatable bonds is 4. The molecule has 5 heteroatoms. The maximum atomic E-state index is 9.11. The minimum atomic E-state index is -0.505. The van der Waals surface area contributed by atoms with Gasteiger partial charge in [0.25, 0.3) is 0 Å². The number of aliphatic hydroxyl groups excluding tert-OH is 1. The van der Waals surface area contributed by atoms with Gasteiger partial charge in [-0.25, -0.2) is 9.97 Å². The predicted molar refractivity (Wildman–Crippen MR) is 72.3 cm³/mol. The second kappa shape index (κ2) is 5.93. The highest BCUT2D eigenvalue weighted by molar-refractivity contribution is 9.10. The van der Waals surface area contributed by atoms with Gasteiger partial charge in [-0.05, 0) is 19.1 Å². The van der Waals surface area contributed by atoms with Crippen molar-refractivity contribution >= 4 is 15.9 Å². The molecule has 1 atom stereocenters. The Morgan fingerprint density at radius 1 is 1.33 bits per heavy atom. The van der Waals surface area contributed by atoms with Crippen molar-refractivity contribution in [3.63, 3.8) is 0 Å². The van der Waals surface area contributed by atoms with Crippen molar-refractivity contribution < 1.29 is 9.84 Å². The summed E-state index contributed by atoms with van der Waals surface area (Å²) in [6.45, 7) is 1.90. The first kappa shape index (κ1) is 13.0. The van der Waals surface area contributed by atoms with Gasteiger partial charge in [-0.2, -0.15) is 0 Å². The van der Waals surface area contributed by atoms with E-state index in [0.29, 0.717) is 11.6 Å². The summed E-state index contributed by atoms with van der Waals surface area (Å²) in [5.41, 5.74) is 0.937. The lowest BCUT2D eigenvalue weighted by atomic mass is 10.2. The topological polar surface area (TPSA) is 55.2 Å². The largest absolute Gasteiger partial charge is 0.488 e. The number of ether oxygens (including phenoxy) is 1. The van der Waals surface area contributed by atoms with Gasteiger partial charge in [0.05, 0.1) is 18.5 Å². The number of aromatic nitrogens is 2.